The molecule has 1 saturated carbocycles. The summed E-state index contributed by atoms with van der Waals surface area (Å²) < 4.78 is 4.59. The van der Waals surface area contributed by atoms with E-state index in [1.807, 2.05) is 13.8 Å². The summed E-state index contributed by atoms with van der Waals surface area (Å²) in [6.07, 6.45) is 4.11. The van der Waals surface area contributed by atoms with Crippen LogP contribution in [0.25, 0.3) is 0 Å². The van der Waals surface area contributed by atoms with Crippen LogP contribution >= 0.6 is 0 Å². The summed E-state index contributed by atoms with van der Waals surface area (Å²) in [6, 6.07) is 0.0478. The third-order valence-electron chi connectivity index (χ3n) is 3.16. The summed E-state index contributed by atoms with van der Waals surface area (Å²) in [5.74, 6) is 0.257. The van der Waals surface area contributed by atoms with Crippen molar-refractivity contribution in [2.75, 3.05) is 13.7 Å². The molecular formula is C12H21NO3. The fourth-order valence-electron chi connectivity index (χ4n) is 1.82. The zero-order valence-electron chi connectivity index (χ0n) is 10.4. The van der Waals surface area contributed by atoms with Crippen molar-refractivity contribution in [3.63, 3.8) is 0 Å². The van der Waals surface area contributed by atoms with Gasteiger partial charge in [-0.3, -0.25) is 9.59 Å². The van der Waals surface area contributed by atoms with Gasteiger partial charge in [0.1, 0.15) is 6.54 Å². The van der Waals surface area contributed by atoms with E-state index in [1.54, 1.807) is 4.90 Å². The smallest absolute Gasteiger partial charge is 0.325 e. The number of amides is 1. The van der Waals surface area contributed by atoms with Crippen molar-refractivity contribution in [1.82, 2.24) is 4.90 Å². The van der Waals surface area contributed by atoms with Gasteiger partial charge in [-0.1, -0.05) is 6.42 Å². The van der Waals surface area contributed by atoms with Crippen LogP contribution in [-0.4, -0.2) is 36.5 Å². The van der Waals surface area contributed by atoms with Crippen LogP contribution in [0.5, 0.6) is 0 Å². The van der Waals surface area contributed by atoms with E-state index in [4.69, 9.17) is 0 Å². The number of esters is 1. The summed E-state index contributed by atoms with van der Waals surface area (Å²) in [7, 11) is 1.34. The fraction of sp³-hybridized carbons (Fsp3) is 0.833. The first-order valence-electron chi connectivity index (χ1n) is 5.91. The van der Waals surface area contributed by atoms with Crippen LogP contribution in [-0.2, 0) is 14.3 Å². The maximum atomic E-state index is 12.0. The Balaban J connectivity index is 2.47. The molecule has 0 unspecified atom stereocenters. The number of hydrogen-bond acceptors (Lipinski definition) is 3. The van der Waals surface area contributed by atoms with Crippen molar-refractivity contribution < 1.29 is 14.3 Å². The summed E-state index contributed by atoms with van der Waals surface area (Å²) in [5, 5.41) is 0. The van der Waals surface area contributed by atoms with Crippen LogP contribution in [0.4, 0.5) is 0 Å². The van der Waals surface area contributed by atoms with E-state index in [1.165, 1.54) is 13.5 Å². The summed E-state index contributed by atoms with van der Waals surface area (Å²) in [4.78, 5) is 24.7. The molecule has 0 aromatic carbocycles. The van der Waals surface area contributed by atoms with E-state index < -0.39 is 0 Å². The Kier molecular flexibility index (Phi) is 4.77. The molecule has 4 nitrogen and oxygen atoms in total. The number of nitrogens with zero attached hydrogens (tertiary/aromatic N) is 1. The van der Waals surface area contributed by atoms with Crippen molar-refractivity contribution in [2.45, 2.75) is 45.6 Å². The molecule has 0 bridgehead atoms. The highest BCUT2D eigenvalue weighted by Crippen LogP contribution is 2.30. The lowest BCUT2D eigenvalue weighted by Crippen LogP contribution is -2.42. The fourth-order valence-corrected chi connectivity index (χ4v) is 1.82. The van der Waals surface area contributed by atoms with Gasteiger partial charge in [-0.15, -0.1) is 0 Å². The standard InChI is InChI=1S/C12H21NO3/c1-9(2)13(8-12(15)16-3)11(14)7-10-5-4-6-10/h9-10H,4-8H2,1-3H3. The quantitative estimate of drug-likeness (QED) is 0.670. The van der Waals surface area contributed by atoms with Gasteiger partial charge < -0.3 is 9.64 Å². The van der Waals surface area contributed by atoms with Gasteiger partial charge in [-0.05, 0) is 32.6 Å². The number of ether oxygens (including phenoxy) is 1. The molecule has 0 radical (unpaired) electrons. The molecular weight excluding hydrogens is 206 g/mol. The molecule has 0 aromatic heterocycles. The Morgan fingerprint density at radius 1 is 1.38 bits per heavy atom. The van der Waals surface area contributed by atoms with E-state index in [9.17, 15) is 9.59 Å². The zero-order chi connectivity index (χ0) is 12.1. The van der Waals surface area contributed by atoms with Crippen molar-refractivity contribution in [3.8, 4) is 0 Å². The first kappa shape index (κ1) is 13.0. The number of methoxy groups -OCH3 is 1. The zero-order valence-corrected chi connectivity index (χ0v) is 10.4. The lowest BCUT2D eigenvalue weighted by atomic mass is 9.82. The number of hydrogen-bond donors (Lipinski definition) is 0. The van der Waals surface area contributed by atoms with Gasteiger partial charge in [0.15, 0.2) is 0 Å². The van der Waals surface area contributed by atoms with Crippen molar-refractivity contribution in [1.29, 1.82) is 0 Å². The molecule has 0 atom stereocenters. The van der Waals surface area contributed by atoms with Crippen LogP contribution in [0, 0.1) is 5.92 Å². The van der Waals surface area contributed by atoms with E-state index in [-0.39, 0.29) is 24.5 Å². The molecule has 92 valence electrons. The van der Waals surface area contributed by atoms with E-state index in [0.29, 0.717) is 12.3 Å². The lowest BCUT2D eigenvalue weighted by Gasteiger charge is -2.30. The van der Waals surface area contributed by atoms with E-state index >= 15 is 0 Å². The summed E-state index contributed by atoms with van der Waals surface area (Å²) >= 11 is 0. The lowest BCUT2D eigenvalue weighted by molar-refractivity contribution is -0.148. The highest BCUT2D eigenvalue weighted by atomic mass is 16.5. The predicted octanol–water partition coefficient (Wildman–Crippen LogP) is 1.59. The molecule has 0 heterocycles. The first-order valence-corrected chi connectivity index (χ1v) is 5.91. The van der Waals surface area contributed by atoms with Gasteiger partial charge in [-0.25, -0.2) is 0 Å². The molecule has 1 fully saturated rings. The van der Waals surface area contributed by atoms with Crippen molar-refractivity contribution >= 4 is 11.9 Å². The van der Waals surface area contributed by atoms with Gasteiger partial charge in [-0.2, -0.15) is 0 Å². The van der Waals surface area contributed by atoms with Gasteiger partial charge in [0.25, 0.3) is 0 Å². The average molecular weight is 227 g/mol. The van der Waals surface area contributed by atoms with Crippen molar-refractivity contribution in [3.05, 3.63) is 0 Å². The second-order valence-electron chi connectivity index (χ2n) is 4.69. The molecule has 1 rings (SSSR count). The molecule has 0 spiro atoms. The molecule has 0 N–H and O–H groups in total. The van der Waals surface area contributed by atoms with Gasteiger partial charge in [0.05, 0.1) is 7.11 Å². The van der Waals surface area contributed by atoms with Gasteiger partial charge in [0, 0.05) is 12.5 Å². The topological polar surface area (TPSA) is 46.6 Å². The van der Waals surface area contributed by atoms with Crippen LogP contribution in [0.2, 0.25) is 0 Å². The van der Waals surface area contributed by atoms with Crippen LogP contribution in [0.15, 0.2) is 0 Å². The molecule has 1 amide bonds. The Hall–Kier alpha value is -1.06. The Morgan fingerprint density at radius 2 is 2.00 bits per heavy atom. The normalized spacial score (nSPS) is 15.8. The highest BCUT2D eigenvalue weighted by Gasteiger charge is 2.26. The minimum absolute atomic E-state index is 0.0478. The number of rotatable bonds is 5. The Labute approximate surface area is 96.9 Å². The molecule has 4 heteroatoms. The van der Waals surface area contributed by atoms with Gasteiger partial charge in [0.2, 0.25) is 5.91 Å². The van der Waals surface area contributed by atoms with Crippen LogP contribution in [0.3, 0.4) is 0 Å². The second kappa shape index (κ2) is 5.87. The monoisotopic (exact) mass is 227 g/mol. The maximum Gasteiger partial charge on any atom is 0.325 e. The third kappa shape index (κ3) is 3.51. The Morgan fingerprint density at radius 3 is 2.38 bits per heavy atom. The Bertz CT molecular complexity index is 259. The molecule has 1 aliphatic rings. The predicted molar refractivity (Wildman–Crippen MR) is 60.8 cm³/mol. The minimum Gasteiger partial charge on any atom is -0.468 e. The van der Waals surface area contributed by atoms with E-state index in [2.05, 4.69) is 4.74 Å². The summed E-state index contributed by atoms with van der Waals surface area (Å²) in [6.45, 7) is 3.91. The van der Waals surface area contributed by atoms with Crippen molar-refractivity contribution in [2.24, 2.45) is 5.92 Å². The molecule has 16 heavy (non-hydrogen) atoms. The number of carbonyl (C=O) groups excluding carboxylic acids is 2. The molecule has 0 aromatic rings. The van der Waals surface area contributed by atoms with Crippen LogP contribution in [0.1, 0.15) is 39.5 Å². The largest absolute Gasteiger partial charge is 0.468 e. The first-order chi connectivity index (χ1) is 7.54. The molecule has 1 aliphatic carbocycles. The second-order valence-corrected chi connectivity index (χ2v) is 4.69. The maximum absolute atomic E-state index is 12.0. The third-order valence-corrected chi connectivity index (χ3v) is 3.16. The SMILES string of the molecule is COC(=O)CN(C(=O)CC1CCC1)C(C)C. The highest BCUT2D eigenvalue weighted by molar-refractivity contribution is 5.82. The van der Waals surface area contributed by atoms with Gasteiger partial charge >= 0.3 is 5.97 Å². The minimum atomic E-state index is -0.351. The average Bonchev–Trinajstić information content (AvgIpc) is 2.18. The molecule has 0 aliphatic heterocycles. The van der Waals surface area contributed by atoms with E-state index in [0.717, 1.165) is 12.8 Å². The summed E-state index contributed by atoms with van der Waals surface area (Å²) in [5.41, 5.74) is 0. The molecule has 0 saturated heterocycles. The number of carbonyl (C=O) groups is 2. The van der Waals surface area contributed by atoms with Crippen LogP contribution < -0.4 is 0 Å².